The zero-order chi connectivity index (χ0) is 19.9. The molecule has 0 bridgehead atoms. The van der Waals surface area contributed by atoms with Crippen LogP contribution in [0, 0.1) is 0 Å². The second-order valence-electron chi connectivity index (χ2n) is 6.62. The molecule has 1 fully saturated rings. The van der Waals surface area contributed by atoms with Crippen molar-refractivity contribution in [2.75, 3.05) is 31.6 Å². The van der Waals surface area contributed by atoms with Crippen LogP contribution in [0.4, 0.5) is 5.69 Å². The molecule has 1 saturated heterocycles. The quantitative estimate of drug-likeness (QED) is 0.324. The van der Waals surface area contributed by atoms with Gasteiger partial charge in [0, 0.05) is 37.2 Å². The first-order chi connectivity index (χ1) is 13.6. The first-order valence-electron chi connectivity index (χ1n) is 9.64. The molecule has 1 aromatic heterocycles. The summed E-state index contributed by atoms with van der Waals surface area (Å²) >= 11 is 6.19. The van der Waals surface area contributed by atoms with Crippen molar-refractivity contribution in [1.82, 2.24) is 25.4 Å². The summed E-state index contributed by atoms with van der Waals surface area (Å²) in [4.78, 5) is 6.97. The summed E-state index contributed by atoms with van der Waals surface area (Å²) in [5.41, 5.74) is 1.03. The largest absolute Gasteiger partial charge is 0.495 e. The number of nitrogens with zero attached hydrogens (tertiary/aromatic N) is 5. The van der Waals surface area contributed by atoms with Crippen LogP contribution in [-0.4, -0.2) is 53.5 Å². The van der Waals surface area contributed by atoms with Crippen molar-refractivity contribution in [2.45, 2.75) is 39.4 Å². The molecule has 1 aliphatic heterocycles. The summed E-state index contributed by atoms with van der Waals surface area (Å²) in [7, 11) is 1.68. The van der Waals surface area contributed by atoms with Gasteiger partial charge in [0.25, 0.3) is 0 Å². The molecule has 1 aromatic carbocycles. The third kappa shape index (κ3) is 6.11. The normalized spacial score (nSPS) is 16.5. The van der Waals surface area contributed by atoms with Crippen molar-refractivity contribution in [3.8, 4) is 5.75 Å². The molecule has 0 aliphatic carbocycles. The number of nitrogens with one attached hydrogen (secondary N) is 2. The van der Waals surface area contributed by atoms with Crippen molar-refractivity contribution in [2.24, 2.45) is 4.99 Å². The standard InChI is InChI=1S/C19H28ClN7O.HI/c1-4-21-19(22-11-18-25-23-13-26(18)5-2)24-15-8-9-27(12-15)16-10-14(20)6-7-17(16)28-3;/h6-7,10,13,15H,4-5,8-9,11-12H2,1-3H3,(H2,21,22,24);1H. The maximum atomic E-state index is 6.19. The van der Waals surface area contributed by atoms with Crippen molar-refractivity contribution < 1.29 is 4.74 Å². The first kappa shape index (κ1) is 23.5. The number of anilines is 1. The van der Waals surface area contributed by atoms with Crippen molar-refractivity contribution in [3.05, 3.63) is 35.4 Å². The number of methoxy groups -OCH3 is 1. The molecule has 3 rings (SSSR count). The first-order valence-corrected chi connectivity index (χ1v) is 10.0. The van der Waals surface area contributed by atoms with Gasteiger partial charge in [-0.1, -0.05) is 11.6 Å². The number of aromatic nitrogens is 3. The van der Waals surface area contributed by atoms with E-state index < -0.39 is 0 Å². The molecule has 29 heavy (non-hydrogen) atoms. The highest BCUT2D eigenvalue weighted by atomic mass is 127. The second kappa shape index (κ2) is 11.4. The highest BCUT2D eigenvalue weighted by Gasteiger charge is 2.25. The molecule has 0 radical (unpaired) electrons. The van der Waals surface area contributed by atoms with Crippen LogP contribution in [0.15, 0.2) is 29.5 Å². The minimum atomic E-state index is 0. The lowest BCUT2D eigenvalue weighted by molar-refractivity contribution is 0.415. The maximum Gasteiger partial charge on any atom is 0.191 e. The van der Waals surface area contributed by atoms with E-state index in [0.29, 0.717) is 11.6 Å². The predicted octanol–water partition coefficient (Wildman–Crippen LogP) is 2.91. The van der Waals surface area contributed by atoms with Crippen molar-refractivity contribution >= 4 is 47.2 Å². The molecular weight excluding hydrogens is 505 g/mol. The van der Waals surface area contributed by atoms with Crippen LogP contribution in [0.2, 0.25) is 5.02 Å². The molecule has 1 atom stereocenters. The Morgan fingerprint density at radius 1 is 1.38 bits per heavy atom. The van der Waals surface area contributed by atoms with Gasteiger partial charge in [-0.2, -0.15) is 0 Å². The molecule has 10 heteroatoms. The minimum absolute atomic E-state index is 0. The molecule has 1 aliphatic rings. The Morgan fingerprint density at radius 2 is 2.21 bits per heavy atom. The Morgan fingerprint density at radius 3 is 2.93 bits per heavy atom. The zero-order valence-corrected chi connectivity index (χ0v) is 20.1. The molecule has 2 heterocycles. The topological polar surface area (TPSA) is 79.6 Å². The van der Waals surface area contributed by atoms with E-state index in [1.165, 1.54) is 0 Å². The van der Waals surface area contributed by atoms with E-state index in [9.17, 15) is 0 Å². The van der Waals surface area contributed by atoms with Crippen LogP contribution in [0.5, 0.6) is 5.75 Å². The molecule has 2 aromatic rings. The van der Waals surface area contributed by atoms with Crippen LogP contribution in [-0.2, 0) is 13.1 Å². The van der Waals surface area contributed by atoms with Crippen LogP contribution < -0.4 is 20.3 Å². The van der Waals surface area contributed by atoms with Gasteiger partial charge >= 0.3 is 0 Å². The monoisotopic (exact) mass is 533 g/mol. The molecule has 2 N–H and O–H groups in total. The zero-order valence-electron chi connectivity index (χ0n) is 17.1. The van der Waals surface area contributed by atoms with Gasteiger partial charge in [0.05, 0.1) is 12.8 Å². The number of ether oxygens (including phenoxy) is 1. The van der Waals surface area contributed by atoms with E-state index in [2.05, 4.69) is 44.6 Å². The number of halogens is 2. The van der Waals surface area contributed by atoms with E-state index in [0.717, 1.165) is 55.8 Å². The van der Waals surface area contributed by atoms with E-state index in [1.807, 2.05) is 22.8 Å². The summed E-state index contributed by atoms with van der Waals surface area (Å²) < 4.78 is 7.49. The van der Waals surface area contributed by atoms with E-state index >= 15 is 0 Å². The summed E-state index contributed by atoms with van der Waals surface area (Å²) in [6.07, 6.45) is 2.74. The predicted molar refractivity (Wildman–Crippen MR) is 128 cm³/mol. The molecule has 0 amide bonds. The summed E-state index contributed by atoms with van der Waals surface area (Å²) in [5, 5.41) is 15.7. The van der Waals surface area contributed by atoms with Crippen LogP contribution >= 0.6 is 35.6 Å². The fourth-order valence-electron chi connectivity index (χ4n) is 3.34. The molecule has 160 valence electrons. The number of hydrogen-bond acceptors (Lipinski definition) is 5. The lowest BCUT2D eigenvalue weighted by Gasteiger charge is -2.22. The van der Waals surface area contributed by atoms with Crippen molar-refractivity contribution in [3.63, 3.8) is 0 Å². The Balaban J connectivity index is 0.00000300. The fourth-order valence-corrected chi connectivity index (χ4v) is 3.50. The van der Waals surface area contributed by atoms with Gasteiger partial charge in [0.2, 0.25) is 0 Å². The third-order valence-electron chi connectivity index (χ3n) is 4.77. The van der Waals surface area contributed by atoms with Crippen LogP contribution in [0.3, 0.4) is 0 Å². The Bertz CT molecular complexity index is 814. The molecule has 1 unspecified atom stereocenters. The average Bonchev–Trinajstić information content (AvgIpc) is 3.35. The third-order valence-corrected chi connectivity index (χ3v) is 5.01. The summed E-state index contributed by atoms with van der Waals surface area (Å²) in [6.45, 7) is 8.03. The number of benzene rings is 1. The molecular formula is C19H29ClIN7O. The number of aryl methyl sites for hydroxylation is 1. The lowest BCUT2D eigenvalue weighted by Crippen LogP contribution is -2.44. The molecule has 8 nitrogen and oxygen atoms in total. The minimum Gasteiger partial charge on any atom is -0.495 e. The Hall–Kier alpha value is -1.75. The van der Waals surface area contributed by atoms with Crippen LogP contribution in [0.25, 0.3) is 0 Å². The Kier molecular flexibility index (Phi) is 9.28. The van der Waals surface area contributed by atoms with Crippen LogP contribution in [0.1, 0.15) is 26.1 Å². The summed E-state index contributed by atoms with van der Waals surface area (Å²) in [5.74, 6) is 2.49. The highest BCUT2D eigenvalue weighted by molar-refractivity contribution is 14.0. The smallest absolute Gasteiger partial charge is 0.191 e. The second-order valence-corrected chi connectivity index (χ2v) is 7.06. The Labute approximate surface area is 194 Å². The molecule has 0 saturated carbocycles. The van der Waals surface area contributed by atoms with Gasteiger partial charge in [0.1, 0.15) is 18.6 Å². The number of rotatable bonds is 7. The number of hydrogen-bond donors (Lipinski definition) is 2. The maximum absolute atomic E-state index is 6.19. The number of guanidine groups is 1. The van der Waals surface area contributed by atoms with Gasteiger partial charge in [-0.3, -0.25) is 0 Å². The van der Waals surface area contributed by atoms with Gasteiger partial charge in [-0.05, 0) is 38.5 Å². The SMILES string of the molecule is CCNC(=NCc1nncn1CC)NC1CCN(c2cc(Cl)ccc2OC)C1.I. The van der Waals surface area contributed by atoms with Gasteiger partial charge in [-0.25, -0.2) is 4.99 Å². The lowest BCUT2D eigenvalue weighted by atomic mass is 10.2. The highest BCUT2D eigenvalue weighted by Crippen LogP contribution is 2.33. The van der Waals surface area contributed by atoms with Gasteiger partial charge < -0.3 is 24.8 Å². The average molecular weight is 534 g/mol. The fraction of sp³-hybridized carbons (Fsp3) is 0.526. The summed E-state index contributed by atoms with van der Waals surface area (Å²) in [6, 6.07) is 6.00. The van der Waals surface area contributed by atoms with E-state index in [4.69, 9.17) is 16.3 Å². The van der Waals surface area contributed by atoms with Gasteiger partial charge in [0.15, 0.2) is 11.8 Å². The molecule has 0 spiro atoms. The number of aliphatic imine (C=N–C) groups is 1. The van der Waals surface area contributed by atoms with E-state index in [1.54, 1.807) is 13.4 Å². The van der Waals surface area contributed by atoms with Gasteiger partial charge in [-0.15, -0.1) is 34.2 Å². The van der Waals surface area contributed by atoms with E-state index in [-0.39, 0.29) is 30.0 Å². The van der Waals surface area contributed by atoms with Crippen molar-refractivity contribution in [1.29, 1.82) is 0 Å².